The molecule has 9 aromatic carbocycles. The number of benzene rings is 9. The van der Waals surface area contributed by atoms with Crippen molar-refractivity contribution in [1.82, 2.24) is 0 Å². The van der Waals surface area contributed by atoms with Crippen molar-refractivity contribution in [3.8, 4) is 22.3 Å². The normalized spacial score (nSPS) is 14.9. The highest BCUT2D eigenvalue weighted by molar-refractivity contribution is 7.26. The summed E-state index contributed by atoms with van der Waals surface area (Å²) in [7, 11) is 0. The van der Waals surface area contributed by atoms with Gasteiger partial charge in [-0.3, -0.25) is 0 Å². The Morgan fingerprint density at radius 1 is 0.448 bits per heavy atom. The van der Waals surface area contributed by atoms with E-state index in [-0.39, 0.29) is 0 Å². The van der Waals surface area contributed by atoms with Gasteiger partial charge in [0.25, 0.3) is 0 Å². The first-order chi connectivity index (χ1) is 28.8. The fourth-order valence-corrected chi connectivity index (χ4v) is 11.1. The highest BCUT2D eigenvalue weighted by Gasteiger charge is 2.53. The number of fused-ring (bicyclic) bond motifs is 8. The van der Waals surface area contributed by atoms with Gasteiger partial charge in [-0.2, -0.15) is 0 Å². The molecule has 1 aliphatic heterocycles. The molecule has 1 atom stereocenters. The molecule has 2 aliphatic rings. The molecule has 0 amide bonds. The summed E-state index contributed by atoms with van der Waals surface area (Å²) in [4.78, 5) is 4.99. The van der Waals surface area contributed by atoms with E-state index < -0.39 is 5.41 Å². The topological polar surface area (TPSA) is 6.48 Å². The zero-order valence-electron chi connectivity index (χ0n) is 31.6. The van der Waals surface area contributed by atoms with Crippen molar-refractivity contribution in [3.63, 3.8) is 0 Å². The number of nitrogens with zero attached hydrogens (tertiary/aromatic N) is 2. The molecule has 0 saturated carbocycles. The van der Waals surface area contributed by atoms with Gasteiger partial charge in [-0.25, -0.2) is 0 Å². The van der Waals surface area contributed by atoms with E-state index in [0.717, 1.165) is 17.1 Å². The van der Waals surface area contributed by atoms with E-state index in [1.807, 2.05) is 11.3 Å². The lowest BCUT2D eigenvalue weighted by molar-refractivity contribution is 0.754. The number of para-hydroxylation sites is 3. The van der Waals surface area contributed by atoms with Gasteiger partial charge < -0.3 is 9.80 Å². The van der Waals surface area contributed by atoms with Crippen LogP contribution >= 0.6 is 11.3 Å². The van der Waals surface area contributed by atoms with Gasteiger partial charge in [0.2, 0.25) is 0 Å². The molecule has 0 fully saturated rings. The number of anilines is 6. The first kappa shape index (κ1) is 33.0. The van der Waals surface area contributed by atoms with Gasteiger partial charge in [-0.05, 0) is 94.0 Å². The lowest BCUT2D eigenvalue weighted by Crippen LogP contribution is -2.36. The second-order valence-corrected chi connectivity index (χ2v) is 16.3. The number of hydrogen-bond donors (Lipinski definition) is 0. The summed E-state index contributed by atoms with van der Waals surface area (Å²) < 4.78 is 2.59. The molecule has 10 aromatic rings. The molecular formula is C55H36N2S. The van der Waals surface area contributed by atoms with Gasteiger partial charge in [0.1, 0.15) is 0 Å². The summed E-state index contributed by atoms with van der Waals surface area (Å²) in [6.45, 7) is 0. The molecule has 2 heterocycles. The SMILES string of the molecule is c1ccc(-c2ccc3c4c2N(c2ccccc2)c2ccccc2[C@]4(c2ccccc2)c2cc(N(c4ccccc4)c4cccc5sc6ccccc6c45)ccc2-3)cc1. The molecule has 12 rings (SSSR count). The van der Waals surface area contributed by atoms with Gasteiger partial charge in [0.15, 0.2) is 0 Å². The highest BCUT2D eigenvalue weighted by atomic mass is 32.1. The summed E-state index contributed by atoms with van der Waals surface area (Å²) in [5.41, 5.74) is 16.5. The third kappa shape index (κ3) is 4.65. The molecule has 1 aliphatic carbocycles. The highest BCUT2D eigenvalue weighted by Crippen LogP contribution is 2.67. The van der Waals surface area contributed by atoms with E-state index in [1.165, 1.54) is 81.7 Å². The number of thiophene rings is 1. The van der Waals surface area contributed by atoms with Crippen molar-refractivity contribution in [1.29, 1.82) is 0 Å². The first-order valence-electron chi connectivity index (χ1n) is 19.9. The van der Waals surface area contributed by atoms with E-state index in [2.05, 4.69) is 228 Å². The van der Waals surface area contributed by atoms with Gasteiger partial charge in [0, 0.05) is 48.4 Å². The second kappa shape index (κ2) is 12.9. The molecule has 0 saturated heterocycles. The Morgan fingerprint density at radius 3 is 1.90 bits per heavy atom. The number of rotatable bonds is 6. The minimum Gasteiger partial charge on any atom is -0.310 e. The monoisotopic (exact) mass is 756 g/mol. The summed E-state index contributed by atoms with van der Waals surface area (Å²) in [6, 6.07) is 80.6. The van der Waals surface area contributed by atoms with Gasteiger partial charge in [0.05, 0.1) is 22.5 Å². The van der Waals surface area contributed by atoms with E-state index >= 15 is 0 Å². The third-order valence-electron chi connectivity index (χ3n) is 12.2. The van der Waals surface area contributed by atoms with Crippen LogP contribution in [0.25, 0.3) is 42.4 Å². The van der Waals surface area contributed by atoms with Crippen molar-refractivity contribution in [2.75, 3.05) is 9.80 Å². The predicted molar refractivity (Wildman–Crippen MR) is 245 cm³/mol. The molecular weight excluding hydrogens is 721 g/mol. The largest absolute Gasteiger partial charge is 0.310 e. The summed E-state index contributed by atoms with van der Waals surface area (Å²) in [5.74, 6) is 0. The second-order valence-electron chi connectivity index (χ2n) is 15.2. The smallest absolute Gasteiger partial charge is 0.0755 e. The van der Waals surface area contributed by atoms with E-state index in [9.17, 15) is 0 Å². The third-order valence-corrected chi connectivity index (χ3v) is 13.4. The fraction of sp³-hybridized carbons (Fsp3) is 0.0182. The Bertz CT molecular complexity index is 3170. The van der Waals surface area contributed by atoms with Gasteiger partial charge >= 0.3 is 0 Å². The fourth-order valence-electron chi connectivity index (χ4n) is 9.95. The van der Waals surface area contributed by atoms with E-state index in [0.29, 0.717) is 0 Å². The van der Waals surface area contributed by atoms with Crippen molar-refractivity contribution >= 4 is 65.6 Å². The molecule has 0 radical (unpaired) electrons. The summed E-state index contributed by atoms with van der Waals surface area (Å²) >= 11 is 1.86. The Balaban J connectivity index is 1.20. The average Bonchev–Trinajstić information content (AvgIpc) is 3.83. The first-order valence-corrected chi connectivity index (χ1v) is 20.8. The Morgan fingerprint density at radius 2 is 1.09 bits per heavy atom. The van der Waals surface area contributed by atoms with Crippen molar-refractivity contribution < 1.29 is 0 Å². The van der Waals surface area contributed by atoms with Crippen LogP contribution in [0.5, 0.6) is 0 Å². The summed E-state index contributed by atoms with van der Waals surface area (Å²) in [6.07, 6.45) is 0. The molecule has 0 unspecified atom stereocenters. The van der Waals surface area contributed by atoms with Crippen LogP contribution in [0.15, 0.2) is 218 Å². The van der Waals surface area contributed by atoms with Gasteiger partial charge in [-0.15, -0.1) is 11.3 Å². The Kier molecular flexibility index (Phi) is 7.35. The van der Waals surface area contributed by atoms with Gasteiger partial charge in [-0.1, -0.05) is 158 Å². The molecule has 58 heavy (non-hydrogen) atoms. The summed E-state index contributed by atoms with van der Waals surface area (Å²) in [5, 5.41) is 2.57. The zero-order chi connectivity index (χ0) is 38.2. The van der Waals surface area contributed by atoms with Crippen LogP contribution < -0.4 is 9.80 Å². The van der Waals surface area contributed by atoms with Crippen molar-refractivity contribution in [3.05, 3.63) is 241 Å². The maximum atomic E-state index is 2.52. The average molecular weight is 757 g/mol. The Labute approximate surface area is 342 Å². The Hall–Kier alpha value is -7.20. The zero-order valence-corrected chi connectivity index (χ0v) is 32.4. The quantitative estimate of drug-likeness (QED) is 0.167. The molecule has 0 spiro atoms. The molecule has 3 heteroatoms. The molecule has 0 bridgehead atoms. The van der Waals surface area contributed by atoms with Crippen LogP contribution in [0.2, 0.25) is 0 Å². The maximum Gasteiger partial charge on any atom is 0.0755 e. The molecule has 0 N–H and O–H groups in total. The van der Waals surface area contributed by atoms with E-state index in [1.54, 1.807) is 0 Å². The van der Waals surface area contributed by atoms with Crippen LogP contribution in [0.1, 0.15) is 22.3 Å². The molecule has 2 nitrogen and oxygen atoms in total. The van der Waals surface area contributed by atoms with Crippen molar-refractivity contribution in [2.45, 2.75) is 5.41 Å². The van der Waals surface area contributed by atoms with Crippen LogP contribution in [0.4, 0.5) is 34.1 Å². The molecule has 1 aromatic heterocycles. The van der Waals surface area contributed by atoms with E-state index in [4.69, 9.17) is 0 Å². The lowest BCUT2D eigenvalue weighted by atomic mass is 9.64. The minimum absolute atomic E-state index is 0.604. The standard InChI is InChI=1S/C55H36N2S/c1-5-18-37(19-6-1)42-34-35-44-43-33-32-41(56(39-22-9-3-10-23-39)49-29-17-31-51-52(49)45-26-13-16-30-50(45)58-51)36-47(43)55(38-20-7-2-8-21-38)46-27-14-15-28-48(46)57(54(42)53(44)55)40-24-11-4-12-25-40/h1-36H/t55-/m1/s1. The van der Waals surface area contributed by atoms with Crippen LogP contribution in [0, 0.1) is 0 Å². The predicted octanol–water partition coefficient (Wildman–Crippen LogP) is 15.3. The van der Waals surface area contributed by atoms with Crippen molar-refractivity contribution in [2.24, 2.45) is 0 Å². The number of hydrogen-bond acceptors (Lipinski definition) is 3. The lowest BCUT2D eigenvalue weighted by Gasteiger charge is -2.45. The van der Waals surface area contributed by atoms with Crippen LogP contribution in [-0.2, 0) is 5.41 Å². The molecule has 272 valence electrons. The minimum atomic E-state index is -0.604. The van der Waals surface area contributed by atoms with Crippen LogP contribution in [-0.4, -0.2) is 0 Å². The van der Waals surface area contributed by atoms with Crippen LogP contribution in [0.3, 0.4) is 0 Å². The maximum absolute atomic E-state index is 2.52.